The van der Waals surface area contributed by atoms with Crippen LogP contribution in [-0.4, -0.2) is 29.5 Å². The molecule has 0 unspecified atom stereocenters. The van der Waals surface area contributed by atoms with E-state index in [9.17, 15) is 0 Å². The Kier molecular flexibility index (Phi) is 4.55. The third-order valence-corrected chi connectivity index (χ3v) is 4.55. The minimum atomic E-state index is 0.835. The van der Waals surface area contributed by atoms with Gasteiger partial charge in [0.2, 0.25) is 0 Å². The molecule has 1 aliphatic rings. The van der Waals surface area contributed by atoms with Gasteiger partial charge < -0.3 is 5.73 Å². The van der Waals surface area contributed by atoms with Gasteiger partial charge >= 0.3 is 0 Å². The molecular formula is C12H17BrN2S. The lowest BCUT2D eigenvalue weighted by atomic mass is 10.2. The number of nitrogens with two attached hydrogens (primary N) is 1. The van der Waals surface area contributed by atoms with Crippen molar-refractivity contribution in [3.8, 4) is 0 Å². The van der Waals surface area contributed by atoms with Gasteiger partial charge in [-0.3, -0.25) is 4.90 Å². The van der Waals surface area contributed by atoms with E-state index in [2.05, 4.69) is 44.7 Å². The number of nitrogen functional groups attached to an aromatic ring is 1. The summed E-state index contributed by atoms with van der Waals surface area (Å²) >= 11 is 5.49. The topological polar surface area (TPSA) is 29.3 Å². The third kappa shape index (κ3) is 3.40. The van der Waals surface area contributed by atoms with E-state index in [0.717, 1.165) is 16.7 Å². The van der Waals surface area contributed by atoms with Crippen LogP contribution < -0.4 is 5.73 Å². The van der Waals surface area contributed by atoms with Crippen LogP contribution in [0.3, 0.4) is 0 Å². The molecule has 88 valence electrons. The van der Waals surface area contributed by atoms with E-state index >= 15 is 0 Å². The van der Waals surface area contributed by atoms with E-state index in [4.69, 9.17) is 5.73 Å². The van der Waals surface area contributed by atoms with Crippen LogP contribution in [0.25, 0.3) is 0 Å². The van der Waals surface area contributed by atoms with E-state index in [1.165, 1.54) is 36.6 Å². The van der Waals surface area contributed by atoms with Crippen molar-refractivity contribution in [3.05, 3.63) is 28.2 Å². The zero-order valence-corrected chi connectivity index (χ0v) is 11.7. The van der Waals surface area contributed by atoms with E-state index in [1.54, 1.807) is 0 Å². The van der Waals surface area contributed by atoms with Crippen LogP contribution in [-0.2, 0) is 6.54 Å². The predicted octanol–water partition coefficient (Wildman–Crippen LogP) is 2.97. The van der Waals surface area contributed by atoms with Crippen molar-refractivity contribution in [3.63, 3.8) is 0 Å². The first kappa shape index (κ1) is 12.3. The highest BCUT2D eigenvalue weighted by molar-refractivity contribution is 9.10. The molecule has 2 N–H and O–H groups in total. The van der Waals surface area contributed by atoms with Gasteiger partial charge in [0.1, 0.15) is 0 Å². The van der Waals surface area contributed by atoms with Gasteiger partial charge in [-0.1, -0.05) is 6.07 Å². The van der Waals surface area contributed by atoms with Gasteiger partial charge in [0.25, 0.3) is 0 Å². The smallest absolute Gasteiger partial charge is 0.0461 e. The number of halogens is 1. The maximum atomic E-state index is 5.89. The minimum absolute atomic E-state index is 0.835. The van der Waals surface area contributed by atoms with Gasteiger partial charge in [0.15, 0.2) is 0 Å². The van der Waals surface area contributed by atoms with Crippen molar-refractivity contribution in [1.82, 2.24) is 4.90 Å². The molecule has 0 spiro atoms. The lowest BCUT2D eigenvalue weighted by Crippen LogP contribution is -2.25. The lowest BCUT2D eigenvalue weighted by molar-refractivity contribution is 0.287. The van der Waals surface area contributed by atoms with Gasteiger partial charge in [-0.15, -0.1) is 0 Å². The number of nitrogens with zero attached hydrogens (tertiary/aromatic N) is 1. The Bertz CT molecular complexity index is 349. The van der Waals surface area contributed by atoms with Crippen LogP contribution in [0, 0.1) is 0 Å². The molecule has 0 aromatic heterocycles. The molecule has 1 aromatic carbocycles. The fraction of sp³-hybridized carbons (Fsp3) is 0.500. The van der Waals surface area contributed by atoms with Crippen molar-refractivity contribution in [2.45, 2.75) is 13.0 Å². The number of benzene rings is 1. The summed E-state index contributed by atoms with van der Waals surface area (Å²) in [6, 6.07) is 6.26. The Hall–Kier alpha value is -0.190. The van der Waals surface area contributed by atoms with Gasteiger partial charge in [-0.2, -0.15) is 11.8 Å². The van der Waals surface area contributed by atoms with Gasteiger partial charge in [-0.25, -0.2) is 0 Å². The monoisotopic (exact) mass is 300 g/mol. The summed E-state index contributed by atoms with van der Waals surface area (Å²) in [5.41, 5.74) is 8.03. The van der Waals surface area contributed by atoms with Crippen molar-refractivity contribution < 1.29 is 0 Å². The van der Waals surface area contributed by atoms with Crippen LogP contribution in [0.5, 0.6) is 0 Å². The van der Waals surface area contributed by atoms with Crippen LogP contribution in [0.1, 0.15) is 12.0 Å². The molecule has 2 nitrogen and oxygen atoms in total. The maximum Gasteiger partial charge on any atom is 0.0461 e. The first-order chi connectivity index (χ1) is 7.75. The number of hydrogen-bond donors (Lipinski definition) is 1. The van der Waals surface area contributed by atoms with E-state index < -0.39 is 0 Å². The molecule has 0 saturated carbocycles. The molecule has 0 bridgehead atoms. The number of anilines is 1. The summed E-state index contributed by atoms with van der Waals surface area (Å²) in [5, 5.41) is 0. The predicted molar refractivity (Wildman–Crippen MR) is 75.8 cm³/mol. The highest BCUT2D eigenvalue weighted by atomic mass is 79.9. The van der Waals surface area contributed by atoms with Crippen LogP contribution in [0.2, 0.25) is 0 Å². The number of thioether (sulfide) groups is 1. The van der Waals surface area contributed by atoms with Crippen LogP contribution in [0.15, 0.2) is 22.7 Å². The first-order valence-electron chi connectivity index (χ1n) is 5.60. The maximum absolute atomic E-state index is 5.89. The average molecular weight is 301 g/mol. The largest absolute Gasteiger partial charge is 0.398 e. The van der Waals surface area contributed by atoms with Gasteiger partial charge in [0.05, 0.1) is 0 Å². The summed E-state index contributed by atoms with van der Waals surface area (Å²) in [7, 11) is 0. The van der Waals surface area contributed by atoms with Gasteiger partial charge in [0, 0.05) is 29.0 Å². The fourth-order valence-electron chi connectivity index (χ4n) is 1.91. The van der Waals surface area contributed by atoms with Crippen LogP contribution in [0.4, 0.5) is 5.69 Å². The second-order valence-electron chi connectivity index (χ2n) is 4.10. The molecular weight excluding hydrogens is 284 g/mol. The lowest BCUT2D eigenvalue weighted by Gasteiger charge is -2.19. The zero-order valence-electron chi connectivity index (χ0n) is 9.29. The molecule has 2 rings (SSSR count). The third-order valence-electron chi connectivity index (χ3n) is 2.78. The van der Waals surface area contributed by atoms with E-state index in [0.29, 0.717) is 0 Å². The molecule has 1 aromatic rings. The molecule has 1 saturated heterocycles. The number of hydrogen-bond acceptors (Lipinski definition) is 3. The second-order valence-corrected chi connectivity index (χ2v) is 6.18. The van der Waals surface area contributed by atoms with Crippen molar-refractivity contribution in [1.29, 1.82) is 0 Å². The van der Waals surface area contributed by atoms with E-state index in [-0.39, 0.29) is 0 Å². The molecule has 0 amide bonds. The average Bonchev–Trinajstić information content (AvgIpc) is 2.52. The Morgan fingerprint density at radius 1 is 1.31 bits per heavy atom. The summed E-state index contributed by atoms with van der Waals surface area (Å²) in [6.45, 7) is 3.43. The molecule has 1 heterocycles. The molecule has 0 radical (unpaired) electrons. The van der Waals surface area contributed by atoms with Crippen molar-refractivity contribution in [2.75, 3.05) is 30.3 Å². The second kappa shape index (κ2) is 5.94. The zero-order chi connectivity index (χ0) is 11.4. The summed E-state index contributed by atoms with van der Waals surface area (Å²) in [6.07, 6.45) is 1.30. The SMILES string of the molecule is Nc1cc(CN2CCCSCC2)ccc1Br. The van der Waals surface area contributed by atoms with Crippen molar-refractivity contribution >= 4 is 33.4 Å². The molecule has 16 heavy (non-hydrogen) atoms. The Balaban J connectivity index is 1.99. The van der Waals surface area contributed by atoms with Crippen molar-refractivity contribution in [2.24, 2.45) is 0 Å². The quantitative estimate of drug-likeness (QED) is 0.852. The highest BCUT2D eigenvalue weighted by Crippen LogP contribution is 2.21. The molecule has 4 heteroatoms. The van der Waals surface area contributed by atoms with Gasteiger partial charge in [-0.05, 0) is 52.3 Å². The van der Waals surface area contributed by atoms with E-state index in [1.807, 2.05) is 6.07 Å². The Morgan fingerprint density at radius 2 is 2.19 bits per heavy atom. The Labute approximate surface area is 110 Å². The summed E-state index contributed by atoms with van der Waals surface area (Å²) in [5.74, 6) is 2.56. The number of rotatable bonds is 2. The van der Waals surface area contributed by atoms with Crippen LogP contribution >= 0.6 is 27.7 Å². The summed E-state index contributed by atoms with van der Waals surface area (Å²) < 4.78 is 0.989. The Morgan fingerprint density at radius 3 is 3.00 bits per heavy atom. The first-order valence-corrected chi connectivity index (χ1v) is 7.54. The molecule has 0 atom stereocenters. The molecule has 1 aliphatic heterocycles. The minimum Gasteiger partial charge on any atom is -0.398 e. The summed E-state index contributed by atoms with van der Waals surface area (Å²) in [4.78, 5) is 2.52. The highest BCUT2D eigenvalue weighted by Gasteiger charge is 2.09. The molecule has 1 fully saturated rings. The standard InChI is InChI=1S/C12H17BrN2S/c13-11-3-2-10(8-12(11)14)9-15-4-1-6-16-7-5-15/h2-3,8H,1,4-7,9,14H2. The fourth-order valence-corrected chi connectivity index (χ4v) is 3.08. The normalized spacial score (nSPS) is 18.3. The molecule has 0 aliphatic carbocycles.